The van der Waals surface area contributed by atoms with Gasteiger partial charge in [-0.05, 0) is 0 Å². The summed E-state index contributed by atoms with van der Waals surface area (Å²) in [5, 5.41) is 0. The molecule has 0 spiro atoms. The van der Waals surface area contributed by atoms with Crippen molar-refractivity contribution in [3.63, 3.8) is 0 Å². The molecule has 0 amide bonds. The molecule has 0 fully saturated rings. The summed E-state index contributed by atoms with van der Waals surface area (Å²) >= 11 is 1.78. The summed E-state index contributed by atoms with van der Waals surface area (Å²) in [6.45, 7) is 5.48. The van der Waals surface area contributed by atoms with E-state index in [0.29, 0.717) is 0 Å². The Morgan fingerprint density at radius 3 is 1.87 bits per heavy atom. The number of rotatable bonds is 4. The van der Waals surface area contributed by atoms with Crippen molar-refractivity contribution in [3.8, 4) is 0 Å². The SMILES string of the molecule is C[Si](C)(C)C(I)CC(F)(F)C(F)=C(F)F. The van der Waals surface area contributed by atoms with Gasteiger partial charge in [-0.3, -0.25) is 0 Å². The second-order valence-electron chi connectivity index (χ2n) is 4.32. The van der Waals surface area contributed by atoms with Crippen molar-refractivity contribution < 1.29 is 22.0 Å². The predicted octanol–water partition coefficient (Wildman–Crippen LogP) is 4.77. The zero-order chi connectivity index (χ0) is 12.4. The van der Waals surface area contributed by atoms with Gasteiger partial charge in [-0.2, -0.15) is 22.0 Å². The fourth-order valence-electron chi connectivity index (χ4n) is 0.759. The van der Waals surface area contributed by atoms with Crippen LogP contribution < -0.4 is 0 Å². The van der Waals surface area contributed by atoms with Gasteiger partial charge in [0, 0.05) is 9.97 Å². The number of halogens is 6. The Bertz CT molecular complexity index is 254. The van der Waals surface area contributed by atoms with E-state index in [9.17, 15) is 22.0 Å². The Labute approximate surface area is 100 Å². The largest absolute Gasteiger partial charge is 0.307 e. The van der Waals surface area contributed by atoms with Gasteiger partial charge in [0.15, 0.2) is 0 Å². The van der Waals surface area contributed by atoms with Gasteiger partial charge < -0.3 is 0 Å². The average Bonchev–Trinajstić information content (AvgIpc) is 2.00. The molecule has 0 aliphatic heterocycles. The van der Waals surface area contributed by atoms with Crippen LogP contribution in [0.2, 0.25) is 19.6 Å². The van der Waals surface area contributed by atoms with E-state index in [1.54, 1.807) is 22.6 Å². The standard InChI is InChI=1S/C8H12F5ISi/c1-15(2,3)5(14)4-8(12,13)6(9)7(10)11/h5H,4H2,1-3H3. The quantitative estimate of drug-likeness (QED) is 0.294. The smallest absolute Gasteiger partial charge is 0.199 e. The Morgan fingerprint density at radius 1 is 1.20 bits per heavy atom. The van der Waals surface area contributed by atoms with E-state index in [1.807, 2.05) is 19.6 Å². The van der Waals surface area contributed by atoms with Crippen LogP contribution in [0.4, 0.5) is 22.0 Å². The average molecular weight is 358 g/mol. The minimum atomic E-state index is -4.05. The molecule has 0 aromatic heterocycles. The van der Waals surface area contributed by atoms with E-state index in [0.717, 1.165) is 0 Å². The van der Waals surface area contributed by atoms with Gasteiger partial charge in [-0.1, -0.05) is 42.2 Å². The summed E-state index contributed by atoms with van der Waals surface area (Å²) in [7, 11) is -1.88. The first-order valence-electron chi connectivity index (χ1n) is 4.21. The summed E-state index contributed by atoms with van der Waals surface area (Å²) in [6.07, 6.45) is -3.80. The van der Waals surface area contributed by atoms with Crippen LogP contribution in [0.5, 0.6) is 0 Å². The van der Waals surface area contributed by atoms with Crippen LogP contribution in [0.1, 0.15) is 6.42 Å². The van der Waals surface area contributed by atoms with Gasteiger partial charge >= 0.3 is 12.0 Å². The van der Waals surface area contributed by atoms with Gasteiger partial charge in [0.1, 0.15) is 0 Å². The maximum absolute atomic E-state index is 13.0. The molecule has 0 bridgehead atoms. The highest BCUT2D eigenvalue weighted by Gasteiger charge is 2.43. The number of hydrogen-bond acceptors (Lipinski definition) is 0. The maximum Gasteiger partial charge on any atom is 0.307 e. The van der Waals surface area contributed by atoms with Crippen LogP contribution in [-0.4, -0.2) is 17.5 Å². The molecule has 7 heteroatoms. The highest BCUT2D eigenvalue weighted by Crippen LogP contribution is 2.37. The molecule has 0 radical (unpaired) electrons. The number of hydrogen-bond donors (Lipinski definition) is 0. The summed E-state index contributed by atoms with van der Waals surface area (Å²) in [4.78, 5) is 0. The summed E-state index contributed by atoms with van der Waals surface area (Å²) in [6, 6.07) is 0. The lowest BCUT2D eigenvalue weighted by Gasteiger charge is -2.26. The third-order valence-corrected chi connectivity index (χ3v) is 9.99. The summed E-state index contributed by atoms with van der Waals surface area (Å²) in [5.41, 5.74) is 0. The van der Waals surface area contributed by atoms with Gasteiger partial charge in [-0.25, -0.2) is 0 Å². The second-order valence-corrected chi connectivity index (χ2v) is 12.4. The molecule has 0 aromatic rings. The first kappa shape index (κ1) is 15.3. The molecular weight excluding hydrogens is 346 g/mol. The molecule has 15 heavy (non-hydrogen) atoms. The molecule has 0 nitrogen and oxygen atoms in total. The summed E-state index contributed by atoms with van der Waals surface area (Å²) in [5.74, 6) is -6.65. The van der Waals surface area contributed by atoms with Crippen molar-refractivity contribution in [2.24, 2.45) is 0 Å². The molecule has 90 valence electrons. The summed E-state index contributed by atoms with van der Waals surface area (Å²) < 4.78 is 61.3. The van der Waals surface area contributed by atoms with Gasteiger partial charge in [0.2, 0.25) is 5.83 Å². The van der Waals surface area contributed by atoms with Crippen molar-refractivity contribution >= 4 is 30.7 Å². The van der Waals surface area contributed by atoms with Crippen LogP contribution >= 0.6 is 22.6 Å². The lowest BCUT2D eigenvalue weighted by molar-refractivity contribution is 0.00645. The highest BCUT2D eigenvalue weighted by atomic mass is 127. The van der Waals surface area contributed by atoms with Crippen molar-refractivity contribution in [3.05, 3.63) is 11.9 Å². The first-order chi connectivity index (χ1) is 6.48. The van der Waals surface area contributed by atoms with E-state index in [2.05, 4.69) is 0 Å². The fraction of sp³-hybridized carbons (Fsp3) is 0.750. The van der Waals surface area contributed by atoms with E-state index >= 15 is 0 Å². The van der Waals surface area contributed by atoms with Crippen molar-refractivity contribution in [2.75, 3.05) is 0 Å². The van der Waals surface area contributed by atoms with Crippen LogP contribution in [0.3, 0.4) is 0 Å². The molecule has 0 rings (SSSR count). The number of alkyl halides is 3. The second kappa shape index (κ2) is 5.11. The molecule has 0 aromatic carbocycles. The minimum Gasteiger partial charge on any atom is -0.199 e. The molecule has 1 atom stereocenters. The Hall–Kier alpha value is 0.337. The van der Waals surface area contributed by atoms with E-state index in [1.165, 1.54) is 0 Å². The van der Waals surface area contributed by atoms with Crippen molar-refractivity contribution in [2.45, 2.75) is 35.5 Å². The normalized spacial score (nSPS) is 15.0. The Morgan fingerprint density at radius 2 is 1.60 bits per heavy atom. The third kappa shape index (κ3) is 4.79. The molecule has 0 N–H and O–H groups in total. The Balaban J connectivity index is 4.74. The fourth-order valence-corrected chi connectivity index (χ4v) is 2.18. The molecule has 0 saturated heterocycles. The highest BCUT2D eigenvalue weighted by molar-refractivity contribution is 14.1. The molecule has 0 aliphatic rings. The van der Waals surface area contributed by atoms with Crippen molar-refractivity contribution in [1.29, 1.82) is 0 Å². The van der Waals surface area contributed by atoms with Gasteiger partial charge in [0.25, 0.3) is 0 Å². The zero-order valence-electron chi connectivity index (χ0n) is 8.55. The van der Waals surface area contributed by atoms with Gasteiger partial charge in [0.05, 0.1) is 8.07 Å². The topological polar surface area (TPSA) is 0 Å². The Kier molecular flexibility index (Phi) is 5.23. The van der Waals surface area contributed by atoms with Crippen LogP contribution in [0, 0.1) is 0 Å². The molecular formula is C8H12F5ISi. The molecule has 1 unspecified atom stereocenters. The third-order valence-electron chi connectivity index (χ3n) is 1.86. The lowest BCUT2D eigenvalue weighted by atomic mass is 10.2. The maximum atomic E-state index is 13.0. The molecule has 0 saturated carbocycles. The van der Waals surface area contributed by atoms with Gasteiger partial charge in [-0.15, -0.1) is 0 Å². The zero-order valence-corrected chi connectivity index (χ0v) is 11.7. The van der Waals surface area contributed by atoms with E-state index in [-0.39, 0.29) is 0 Å². The van der Waals surface area contributed by atoms with Crippen molar-refractivity contribution in [1.82, 2.24) is 0 Å². The molecule has 0 aliphatic carbocycles. The molecule has 0 heterocycles. The van der Waals surface area contributed by atoms with Crippen LogP contribution in [-0.2, 0) is 0 Å². The van der Waals surface area contributed by atoms with Crippen LogP contribution in [0.25, 0.3) is 0 Å². The predicted molar refractivity (Wildman–Crippen MR) is 61.1 cm³/mol. The number of allylic oxidation sites excluding steroid dienone is 1. The van der Waals surface area contributed by atoms with E-state index < -0.39 is 35.9 Å². The minimum absolute atomic E-state index is 0.463. The lowest BCUT2D eigenvalue weighted by Crippen LogP contribution is -2.38. The monoisotopic (exact) mass is 358 g/mol. The van der Waals surface area contributed by atoms with Crippen LogP contribution in [0.15, 0.2) is 11.9 Å². The first-order valence-corrected chi connectivity index (χ1v) is 9.04. The van der Waals surface area contributed by atoms with E-state index in [4.69, 9.17) is 0 Å².